The molecular formula is C24H28N2O2. The molecule has 4 heteroatoms. The number of carbonyl (C=O) groups is 2. The van der Waals surface area contributed by atoms with Crippen molar-refractivity contribution < 1.29 is 9.59 Å². The van der Waals surface area contributed by atoms with Gasteiger partial charge in [-0.15, -0.1) is 0 Å². The highest BCUT2D eigenvalue weighted by Gasteiger charge is 2.33. The second kappa shape index (κ2) is 8.17. The van der Waals surface area contributed by atoms with Crippen LogP contribution in [0.3, 0.4) is 0 Å². The lowest BCUT2D eigenvalue weighted by Crippen LogP contribution is -2.41. The summed E-state index contributed by atoms with van der Waals surface area (Å²) >= 11 is 0. The normalized spacial score (nSPS) is 21.7. The number of fused-ring (bicyclic) bond motifs is 1. The topological polar surface area (TPSA) is 49.4 Å². The molecule has 0 bridgehead atoms. The number of amides is 2. The minimum atomic E-state index is -0.000930. The van der Waals surface area contributed by atoms with Gasteiger partial charge in [0, 0.05) is 29.8 Å². The first kappa shape index (κ1) is 18.7. The van der Waals surface area contributed by atoms with Crippen LogP contribution in [0.15, 0.2) is 48.5 Å². The van der Waals surface area contributed by atoms with E-state index in [4.69, 9.17) is 0 Å². The summed E-state index contributed by atoms with van der Waals surface area (Å²) in [4.78, 5) is 27.7. The Morgan fingerprint density at radius 1 is 0.929 bits per heavy atom. The van der Waals surface area contributed by atoms with Crippen LogP contribution in [0.2, 0.25) is 0 Å². The molecule has 2 amide bonds. The SMILES string of the molecule is Cc1ccc(NC(=O)C2CCC(C(=O)N3CCCc4ccccc43)CC2)cc1. The highest BCUT2D eigenvalue weighted by molar-refractivity contribution is 5.97. The van der Waals surface area contributed by atoms with Gasteiger partial charge in [-0.25, -0.2) is 0 Å². The van der Waals surface area contributed by atoms with Crippen LogP contribution in [0.4, 0.5) is 11.4 Å². The average Bonchev–Trinajstić information content (AvgIpc) is 2.74. The maximum Gasteiger partial charge on any atom is 0.230 e. The number of hydrogen-bond donors (Lipinski definition) is 1. The van der Waals surface area contributed by atoms with Crippen molar-refractivity contribution in [2.75, 3.05) is 16.8 Å². The molecule has 2 aromatic carbocycles. The fraction of sp³-hybridized carbons (Fsp3) is 0.417. The van der Waals surface area contributed by atoms with E-state index in [1.54, 1.807) is 0 Å². The number of rotatable bonds is 3. The molecular weight excluding hydrogens is 348 g/mol. The summed E-state index contributed by atoms with van der Waals surface area (Å²) in [7, 11) is 0. The smallest absolute Gasteiger partial charge is 0.230 e. The van der Waals surface area contributed by atoms with Gasteiger partial charge in [0.05, 0.1) is 0 Å². The summed E-state index contributed by atoms with van der Waals surface area (Å²) in [6.07, 6.45) is 5.23. The van der Waals surface area contributed by atoms with Crippen LogP contribution in [0.1, 0.15) is 43.2 Å². The van der Waals surface area contributed by atoms with Crippen LogP contribution in [-0.4, -0.2) is 18.4 Å². The van der Waals surface area contributed by atoms with Crippen molar-refractivity contribution in [3.8, 4) is 0 Å². The Labute approximate surface area is 166 Å². The van der Waals surface area contributed by atoms with Crippen LogP contribution in [0.5, 0.6) is 0 Å². The summed E-state index contributed by atoms with van der Waals surface area (Å²) in [6.45, 7) is 2.84. The summed E-state index contributed by atoms with van der Waals surface area (Å²) in [5.41, 5.74) is 4.38. The maximum atomic E-state index is 13.1. The molecule has 28 heavy (non-hydrogen) atoms. The van der Waals surface area contributed by atoms with Gasteiger partial charge >= 0.3 is 0 Å². The van der Waals surface area contributed by atoms with Gasteiger partial charge in [0.15, 0.2) is 0 Å². The van der Waals surface area contributed by atoms with Gasteiger partial charge < -0.3 is 10.2 Å². The fourth-order valence-corrected chi connectivity index (χ4v) is 4.47. The molecule has 1 saturated carbocycles. The number of carbonyl (C=O) groups excluding carboxylic acids is 2. The van der Waals surface area contributed by atoms with Gasteiger partial charge in [-0.3, -0.25) is 9.59 Å². The van der Waals surface area contributed by atoms with E-state index < -0.39 is 0 Å². The Balaban J connectivity index is 1.34. The molecule has 1 aliphatic carbocycles. The van der Waals surface area contributed by atoms with E-state index in [1.807, 2.05) is 48.2 Å². The van der Waals surface area contributed by atoms with E-state index >= 15 is 0 Å². The first-order chi connectivity index (χ1) is 13.6. The molecule has 0 spiro atoms. The molecule has 0 aromatic heterocycles. The number of benzene rings is 2. The van der Waals surface area contributed by atoms with E-state index in [0.717, 1.165) is 56.4 Å². The van der Waals surface area contributed by atoms with E-state index in [-0.39, 0.29) is 23.7 Å². The van der Waals surface area contributed by atoms with Gasteiger partial charge in [-0.05, 0) is 69.2 Å². The zero-order chi connectivity index (χ0) is 19.5. The van der Waals surface area contributed by atoms with Crippen molar-refractivity contribution in [1.82, 2.24) is 0 Å². The minimum Gasteiger partial charge on any atom is -0.326 e. The Hall–Kier alpha value is -2.62. The van der Waals surface area contributed by atoms with Crippen molar-refractivity contribution in [3.63, 3.8) is 0 Å². The van der Waals surface area contributed by atoms with Gasteiger partial charge in [-0.1, -0.05) is 35.9 Å². The number of para-hydroxylation sites is 1. The highest BCUT2D eigenvalue weighted by Crippen LogP contribution is 2.34. The van der Waals surface area contributed by atoms with Crippen LogP contribution >= 0.6 is 0 Å². The first-order valence-electron chi connectivity index (χ1n) is 10.4. The quantitative estimate of drug-likeness (QED) is 0.843. The average molecular weight is 377 g/mol. The van der Waals surface area contributed by atoms with Gasteiger partial charge in [0.25, 0.3) is 0 Å². The van der Waals surface area contributed by atoms with Gasteiger partial charge in [0.2, 0.25) is 11.8 Å². The van der Waals surface area contributed by atoms with Crippen LogP contribution in [-0.2, 0) is 16.0 Å². The van der Waals surface area contributed by atoms with E-state index in [0.29, 0.717) is 0 Å². The number of anilines is 2. The minimum absolute atomic E-state index is 0.000930. The van der Waals surface area contributed by atoms with E-state index in [2.05, 4.69) is 17.4 Å². The molecule has 0 radical (unpaired) electrons. The molecule has 4 rings (SSSR count). The standard InChI is InChI=1S/C24H28N2O2/c1-17-8-14-21(15-9-17)25-23(27)19-10-12-20(13-11-19)24(28)26-16-4-6-18-5-2-3-7-22(18)26/h2-3,5,7-9,14-15,19-20H,4,6,10-13,16H2,1H3,(H,25,27). The lowest BCUT2D eigenvalue weighted by atomic mass is 9.80. The van der Waals surface area contributed by atoms with Gasteiger partial charge in [-0.2, -0.15) is 0 Å². The van der Waals surface area contributed by atoms with Crippen molar-refractivity contribution in [2.24, 2.45) is 11.8 Å². The lowest BCUT2D eigenvalue weighted by molar-refractivity contribution is -0.126. The molecule has 2 aromatic rings. The molecule has 0 saturated heterocycles. The van der Waals surface area contributed by atoms with Crippen molar-refractivity contribution in [3.05, 3.63) is 59.7 Å². The van der Waals surface area contributed by atoms with Crippen LogP contribution in [0.25, 0.3) is 0 Å². The molecule has 1 heterocycles. The summed E-state index contributed by atoms with van der Waals surface area (Å²) in [5.74, 6) is 0.358. The highest BCUT2D eigenvalue weighted by atomic mass is 16.2. The molecule has 146 valence electrons. The third-order valence-corrected chi connectivity index (χ3v) is 6.14. The second-order valence-corrected chi connectivity index (χ2v) is 8.13. The zero-order valence-corrected chi connectivity index (χ0v) is 16.5. The Morgan fingerprint density at radius 2 is 1.61 bits per heavy atom. The predicted octanol–water partition coefficient (Wildman–Crippen LogP) is 4.72. The number of aryl methyl sites for hydroxylation is 2. The van der Waals surface area contributed by atoms with Crippen molar-refractivity contribution >= 4 is 23.2 Å². The Bertz CT molecular complexity index is 851. The fourth-order valence-electron chi connectivity index (χ4n) is 4.47. The zero-order valence-electron chi connectivity index (χ0n) is 16.5. The van der Waals surface area contributed by atoms with Gasteiger partial charge in [0.1, 0.15) is 0 Å². The number of nitrogens with one attached hydrogen (secondary N) is 1. The van der Waals surface area contributed by atoms with Crippen molar-refractivity contribution in [1.29, 1.82) is 0 Å². The molecule has 2 aliphatic rings. The molecule has 0 unspecified atom stereocenters. The lowest BCUT2D eigenvalue weighted by Gasteiger charge is -2.34. The molecule has 1 fully saturated rings. The number of hydrogen-bond acceptors (Lipinski definition) is 2. The number of nitrogens with zero attached hydrogens (tertiary/aromatic N) is 1. The molecule has 1 N–H and O–H groups in total. The Morgan fingerprint density at radius 3 is 2.36 bits per heavy atom. The molecule has 1 aliphatic heterocycles. The van der Waals surface area contributed by atoms with Crippen LogP contribution in [0, 0.1) is 18.8 Å². The first-order valence-corrected chi connectivity index (χ1v) is 10.4. The summed E-state index contributed by atoms with van der Waals surface area (Å²) < 4.78 is 0. The molecule has 4 nitrogen and oxygen atoms in total. The largest absolute Gasteiger partial charge is 0.326 e. The summed E-state index contributed by atoms with van der Waals surface area (Å²) in [6, 6.07) is 16.1. The third kappa shape index (κ3) is 3.96. The Kier molecular flexibility index (Phi) is 5.47. The van der Waals surface area contributed by atoms with Crippen LogP contribution < -0.4 is 10.2 Å². The third-order valence-electron chi connectivity index (χ3n) is 6.14. The second-order valence-electron chi connectivity index (χ2n) is 8.13. The maximum absolute atomic E-state index is 13.1. The van der Waals surface area contributed by atoms with E-state index in [1.165, 1.54) is 11.1 Å². The monoisotopic (exact) mass is 376 g/mol. The van der Waals surface area contributed by atoms with Crippen molar-refractivity contribution in [2.45, 2.75) is 45.4 Å². The summed E-state index contributed by atoms with van der Waals surface area (Å²) in [5, 5.41) is 3.03. The molecule has 0 atom stereocenters. The van der Waals surface area contributed by atoms with E-state index in [9.17, 15) is 9.59 Å². The predicted molar refractivity (Wildman–Crippen MR) is 112 cm³/mol.